The fourth-order valence-electron chi connectivity index (χ4n) is 2.07. The smallest absolute Gasteiger partial charge is 0.339 e. The van der Waals surface area contributed by atoms with Crippen LogP contribution in [0.15, 0.2) is 53.4 Å². The van der Waals surface area contributed by atoms with Crippen molar-refractivity contribution in [2.45, 2.75) is 24.8 Å². The highest BCUT2D eigenvalue weighted by Gasteiger charge is 2.21. The molecule has 2 aromatic rings. The van der Waals surface area contributed by atoms with Crippen LogP contribution in [-0.2, 0) is 14.8 Å². The van der Waals surface area contributed by atoms with Crippen LogP contribution in [0, 0.1) is 18.3 Å². The number of anilines is 1. The Hall–Kier alpha value is -2.85. The number of sulfonamides is 1. The average molecular weight is 358 g/mol. The molecule has 1 atom stereocenters. The lowest BCUT2D eigenvalue weighted by atomic mass is 10.2. The molecule has 0 aliphatic heterocycles. The Balaban J connectivity index is 2.22. The van der Waals surface area contributed by atoms with E-state index < -0.39 is 22.1 Å². The van der Waals surface area contributed by atoms with Crippen LogP contribution in [0.3, 0.4) is 0 Å². The van der Waals surface area contributed by atoms with E-state index in [4.69, 9.17) is 10.00 Å². The minimum atomic E-state index is -3.69. The predicted molar refractivity (Wildman–Crippen MR) is 93.7 cm³/mol. The van der Waals surface area contributed by atoms with Gasteiger partial charge in [-0.2, -0.15) is 5.26 Å². The lowest BCUT2D eigenvalue weighted by Gasteiger charge is -2.20. The van der Waals surface area contributed by atoms with Gasteiger partial charge in [-0.3, -0.25) is 4.31 Å². The maximum atomic E-state index is 12.6. The zero-order chi connectivity index (χ0) is 18.6. The van der Waals surface area contributed by atoms with E-state index in [1.54, 1.807) is 30.3 Å². The second kappa shape index (κ2) is 7.36. The maximum absolute atomic E-state index is 12.6. The minimum absolute atomic E-state index is 0.187. The molecule has 2 aromatic carbocycles. The Kier molecular flexibility index (Phi) is 5.45. The first-order chi connectivity index (χ1) is 11.8. The SMILES string of the molecule is Cc1ccc(S(=O)(=O)N(C)c2ccc(C(=O)OC(C)C#N)cc2)cc1. The van der Waals surface area contributed by atoms with Gasteiger partial charge in [0.25, 0.3) is 10.0 Å². The molecule has 0 spiro atoms. The molecule has 0 fully saturated rings. The topological polar surface area (TPSA) is 87.5 Å². The first-order valence-electron chi connectivity index (χ1n) is 7.52. The Morgan fingerprint density at radius 3 is 2.20 bits per heavy atom. The number of aryl methyl sites for hydroxylation is 1. The summed E-state index contributed by atoms with van der Waals surface area (Å²) in [5, 5.41) is 8.66. The summed E-state index contributed by atoms with van der Waals surface area (Å²) in [5.41, 5.74) is 1.62. The van der Waals surface area contributed by atoms with Gasteiger partial charge < -0.3 is 4.74 Å². The van der Waals surface area contributed by atoms with Crippen LogP contribution in [0.1, 0.15) is 22.8 Å². The summed E-state index contributed by atoms with van der Waals surface area (Å²) in [4.78, 5) is 12.0. The summed E-state index contributed by atoms with van der Waals surface area (Å²) in [6, 6.07) is 14.3. The molecule has 0 aromatic heterocycles. The van der Waals surface area contributed by atoms with Gasteiger partial charge in [0, 0.05) is 7.05 Å². The molecule has 7 heteroatoms. The highest BCUT2D eigenvalue weighted by atomic mass is 32.2. The van der Waals surface area contributed by atoms with Crippen molar-refractivity contribution in [1.82, 2.24) is 0 Å². The number of hydrogen-bond acceptors (Lipinski definition) is 5. The van der Waals surface area contributed by atoms with E-state index in [1.807, 2.05) is 6.92 Å². The summed E-state index contributed by atoms with van der Waals surface area (Å²) in [7, 11) is -2.25. The fraction of sp³-hybridized carbons (Fsp3) is 0.222. The van der Waals surface area contributed by atoms with Gasteiger partial charge in [0.2, 0.25) is 0 Å². The minimum Gasteiger partial charge on any atom is -0.444 e. The van der Waals surface area contributed by atoms with Crippen LogP contribution in [0.2, 0.25) is 0 Å². The van der Waals surface area contributed by atoms with Crippen LogP contribution >= 0.6 is 0 Å². The van der Waals surface area contributed by atoms with Crippen LogP contribution < -0.4 is 4.31 Å². The molecule has 0 saturated carbocycles. The number of nitriles is 1. The molecular formula is C18H18N2O4S. The van der Waals surface area contributed by atoms with Crippen LogP contribution in [0.5, 0.6) is 0 Å². The van der Waals surface area contributed by atoms with Crippen molar-refractivity contribution in [2.75, 3.05) is 11.4 Å². The monoisotopic (exact) mass is 358 g/mol. The van der Waals surface area contributed by atoms with Crippen LogP contribution in [0.25, 0.3) is 0 Å². The van der Waals surface area contributed by atoms with Crippen molar-refractivity contribution >= 4 is 21.7 Å². The van der Waals surface area contributed by atoms with Gasteiger partial charge in [-0.15, -0.1) is 0 Å². The van der Waals surface area contributed by atoms with Gasteiger partial charge in [0.1, 0.15) is 6.07 Å². The van der Waals surface area contributed by atoms with Gasteiger partial charge in [0.05, 0.1) is 16.1 Å². The molecule has 0 saturated heterocycles. The van der Waals surface area contributed by atoms with Gasteiger partial charge in [-0.25, -0.2) is 13.2 Å². The Bertz CT molecular complexity index is 898. The Labute approximate surface area is 147 Å². The van der Waals surface area contributed by atoms with Gasteiger partial charge in [-0.05, 0) is 50.2 Å². The summed E-state index contributed by atoms with van der Waals surface area (Å²) in [5.74, 6) is -0.635. The molecule has 0 radical (unpaired) electrons. The fourth-order valence-corrected chi connectivity index (χ4v) is 3.27. The molecule has 0 N–H and O–H groups in total. The molecule has 25 heavy (non-hydrogen) atoms. The van der Waals surface area contributed by atoms with Crippen molar-refractivity contribution in [3.05, 3.63) is 59.7 Å². The van der Waals surface area contributed by atoms with E-state index in [1.165, 1.54) is 38.2 Å². The molecule has 0 bridgehead atoms. The molecule has 6 nitrogen and oxygen atoms in total. The van der Waals surface area contributed by atoms with Gasteiger partial charge in [-0.1, -0.05) is 17.7 Å². The number of benzene rings is 2. The number of nitrogens with zero attached hydrogens (tertiary/aromatic N) is 2. The normalized spacial score (nSPS) is 12.1. The lowest BCUT2D eigenvalue weighted by Crippen LogP contribution is -2.26. The summed E-state index contributed by atoms with van der Waals surface area (Å²) in [6.07, 6.45) is -0.850. The zero-order valence-electron chi connectivity index (χ0n) is 14.1. The molecule has 0 aliphatic rings. The maximum Gasteiger partial charge on any atom is 0.339 e. The molecule has 0 amide bonds. The summed E-state index contributed by atoms with van der Waals surface area (Å²) in [6.45, 7) is 3.35. The number of rotatable bonds is 5. The van der Waals surface area contributed by atoms with E-state index in [-0.39, 0.29) is 10.5 Å². The number of hydrogen-bond donors (Lipinski definition) is 0. The van der Waals surface area contributed by atoms with E-state index >= 15 is 0 Å². The molecule has 0 heterocycles. The van der Waals surface area contributed by atoms with Crippen LogP contribution in [-0.4, -0.2) is 27.5 Å². The van der Waals surface area contributed by atoms with Crippen LogP contribution in [0.4, 0.5) is 5.69 Å². The zero-order valence-corrected chi connectivity index (χ0v) is 14.9. The highest BCUT2D eigenvalue weighted by Crippen LogP contribution is 2.23. The first-order valence-corrected chi connectivity index (χ1v) is 8.96. The summed E-state index contributed by atoms with van der Waals surface area (Å²) >= 11 is 0. The highest BCUT2D eigenvalue weighted by molar-refractivity contribution is 7.92. The Morgan fingerprint density at radius 1 is 1.12 bits per heavy atom. The standard InChI is InChI=1S/C18H18N2O4S/c1-13-4-10-17(11-5-13)25(22,23)20(3)16-8-6-15(7-9-16)18(21)24-14(2)12-19/h4-11,14H,1-3H3. The number of carbonyl (C=O) groups is 1. The largest absolute Gasteiger partial charge is 0.444 e. The second-order valence-corrected chi connectivity index (χ2v) is 7.48. The first kappa shape index (κ1) is 18.5. The van der Waals surface area contributed by atoms with E-state index in [2.05, 4.69) is 0 Å². The molecular weight excluding hydrogens is 340 g/mol. The van der Waals surface area contributed by atoms with Crippen molar-refractivity contribution in [1.29, 1.82) is 5.26 Å². The van der Waals surface area contributed by atoms with Gasteiger partial charge >= 0.3 is 5.97 Å². The molecule has 130 valence electrons. The lowest BCUT2D eigenvalue weighted by molar-refractivity contribution is 0.0435. The van der Waals surface area contributed by atoms with Crippen molar-refractivity contribution in [2.24, 2.45) is 0 Å². The molecule has 2 rings (SSSR count). The van der Waals surface area contributed by atoms with E-state index in [0.29, 0.717) is 5.69 Å². The van der Waals surface area contributed by atoms with E-state index in [9.17, 15) is 13.2 Å². The number of carbonyl (C=O) groups excluding carboxylic acids is 1. The van der Waals surface area contributed by atoms with Gasteiger partial charge in [0.15, 0.2) is 6.10 Å². The molecule has 0 aliphatic carbocycles. The summed E-state index contributed by atoms with van der Waals surface area (Å²) < 4.78 is 31.3. The third-order valence-corrected chi connectivity index (χ3v) is 5.41. The average Bonchev–Trinajstić information content (AvgIpc) is 2.61. The third kappa shape index (κ3) is 4.17. The van der Waals surface area contributed by atoms with Crippen molar-refractivity contribution < 1.29 is 17.9 Å². The van der Waals surface area contributed by atoms with Crippen molar-refractivity contribution in [3.63, 3.8) is 0 Å². The van der Waals surface area contributed by atoms with Crippen molar-refractivity contribution in [3.8, 4) is 6.07 Å². The molecule has 1 unspecified atom stereocenters. The quantitative estimate of drug-likeness (QED) is 0.767. The number of ether oxygens (including phenoxy) is 1. The third-order valence-electron chi connectivity index (χ3n) is 3.61. The second-order valence-electron chi connectivity index (χ2n) is 5.51. The number of esters is 1. The van der Waals surface area contributed by atoms with E-state index in [0.717, 1.165) is 9.87 Å². The Morgan fingerprint density at radius 2 is 1.68 bits per heavy atom. The predicted octanol–water partition coefficient (Wildman–Crippen LogP) is 2.89.